The molecular weight excluding hydrogens is 254 g/mol. The largest absolute Gasteiger partial charge is 0.495 e. The molecule has 86 valence electrons. The summed E-state index contributed by atoms with van der Waals surface area (Å²) in [5, 5.41) is 4.64. The maximum Gasteiger partial charge on any atom is 0.257 e. The van der Waals surface area contributed by atoms with Crippen molar-refractivity contribution in [2.45, 2.75) is 5.03 Å². The average molecular weight is 262 g/mol. The summed E-state index contributed by atoms with van der Waals surface area (Å²) in [4.78, 5) is 3.87. The lowest BCUT2D eigenvalue weighted by Gasteiger charge is -2.02. The second kappa shape index (κ2) is 3.62. The summed E-state index contributed by atoms with van der Waals surface area (Å²) < 4.78 is 28.9. The molecule has 0 unspecified atom stereocenters. The molecule has 2 aromatic heterocycles. The summed E-state index contributed by atoms with van der Waals surface area (Å²) in [7, 11) is -2.46. The van der Waals surface area contributed by atoms with Crippen LogP contribution in [0.5, 0.6) is 5.75 Å². The van der Waals surface area contributed by atoms with E-state index in [4.69, 9.17) is 21.5 Å². The molecule has 2 aromatic rings. The maximum absolute atomic E-state index is 11.3. The maximum atomic E-state index is 11.3. The second-order valence-electron chi connectivity index (χ2n) is 3.05. The van der Waals surface area contributed by atoms with E-state index in [9.17, 15) is 8.42 Å². The van der Waals surface area contributed by atoms with Crippen molar-refractivity contribution in [1.82, 2.24) is 9.38 Å². The zero-order valence-corrected chi connectivity index (χ0v) is 9.79. The molecule has 2 rings (SSSR count). The van der Waals surface area contributed by atoms with Crippen LogP contribution in [0.3, 0.4) is 0 Å². The van der Waals surface area contributed by atoms with E-state index >= 15 is 0 Å². The van der Waals surface area contributed by atoms with Crippen LogP contribution in [-0.2, 0) is 10.0 Å². The van der Waals surface area contributed by atoms with E-state index < -0.39 is 10.0 Å². The van der Waals surface area contributed by atoms with Gasteiger partial charge in [0.25, 0.3) is 10.0 Å². The first kappa shape index (κ1) is 11.2. The molecule has 0 saturated heterocycles. The minimum Gasteiger partial charge on any atom is -0.495 e. The smallest absolute Gasteiger partial charge is 0.257 e. The fraction of sp³-hybridized carbons (Fsp3) is 0.125. The lowest BCUT2D eigenvalue weighted by molar-refractivity contribution is 0.412. The Hall–Kier alpha value is -1.31. The number of imidazole rings is 1. The summed E-state index contributed by atoms with van der Waals surface area (Å²) in [5.74, 6) is 0.478. The Morgan fingerprint density at radius 2 is 2.19 bits per heavy atom. The molecule has 0 aromatic carbocycles. The molecule has 0 radical (unpaired) electrons. The Bertz CT molecular complexity index is 650. The number of rotatable bonds is 2. The molecule has 0 bridgehead atoms. The van der Waals surface area contributed by atoms with Crippen LogP contribution in [0.1, 0.15) is 0 Å². The molecule has 16 heavy (non-hydrogen) atoms. The molecule has 0 atom stereocenters. The van der Waals surface area contributed by atoms with E-state index in [1.807, 2.05) is 0 Å². The number of nitrogens with two attached hydrogens (primary N) is 1. The van der Waals surface area contributed by atoms with E-state index in [0.29, 0.717) is 11.4 Å². The third kappa shape index (κ3) is 1.73. The van der Waals surface area contributed by atoms with Crippen LogP contribution in [0.15, 0.2) is 23.4 Å². The van der Waals surface area contributed by atoms with Crippen LogP contribution in [0.2, 0.25) is 5.15 Å². The molecule has 2 N–H and O–H groups in total. The van der Waals surface area contributed by atoms with Crippen molar-refractivity contribution < 1.29 is 13.2 Å². The van der Waals surface area contributed by atoms with E-state index in [1.54, 1.807) is 12.1 Å². The molecule has 0 aliphatic rings. The van der Waals surface area contributed by atoms with Gasteiger partial charge in [-0.3, -0.25) is 4.40 Å². The minimum absolute atomic E-state index is 0.157. The number of nitrogens with zero attached hydrogens (tertiary/aromatic N) is 2. The lowest BCUT2D eigenvalue weighted by atomic mass is 10.4. The number of ether oxygens (including phenoxy) is 1. The van der Waals surface area contributed by atoms with Gasteiger partial charge in [0.1, 0.15) is 11.4 Å². The fourth-order valence-electron chi connectivity index (χ4n) is 1.35. The number of hydrogen-bond donors (Lipinski definition) is 1. The normalized spacial score (nSPS) is 11.9. The molecule has 0 aliphatic carbocycles. The summed E-state index contributed by atoms with van der Waals surface area (Å²) in [6.45, 7) is 0. The van der Waals surface area contributed by atoms with Gasteiger partial charge in [-0.25, -0.2) is 18.5 Å². The standard InChI is InChI=1S/C8H8ClN3O3S/c1-15-5-2-3-6-11-7(9)8(12(6)4-5)16(10,13)14/h2-4H,1H3,(H2,10,13,14). The first-order chi connectivity index (χ1) is 7.43. The topological polar surface area (TPSA) is 86.7 Å². The van der Waals surface area contributed by atoms with Gasteiger partial charge < -0.3 is 4.74 Å². The van der Waals surface area contributed by atoms with E-state index in [1.165, 1.54) is 17.7 Å². The minimum atomic E-state index is -3.93. The number of pyridine rings is 1. The number of aromatic nitrogens is 2. The van der Waals surface area contributed by atoms with Crippen molar-refractivity contribution in [2.75, 3.05) is 7.11 Å². The van der Waals surface area contributed by atoms with Gasteiger partial charge in [0.15, 0.2) is 10.2 Å². The third-order valence-corrected chi connectivity index (χ3v) is 3.32. The Kier molecular flexibility index (Phi) is 2.53. The molecular formula is C8H8ClN3O3S. The monoisotopic (exact) mass is 261 g/mol. The number of sulfonamides is 1. The highest BCUT2D eigenvalue weighted by Crippen LogP contribution is 2.23. The van der Waals surface area contributed by atoms with E-state index in [-0.39, 0.29) is 10.2 Å². The van der Waals surface area contributed by atoms with Gasteiger partial charge in [0, 0.05) is 0 Å². The van der Waals surface area contributed by atoms with Crippen molar-refractivity contribution in [1.29, 1.82) is 0 Å². The third-order valence-electron chi connectivity index (χ3n) is 2.01. The Morgan fingerprint density at radius 1 is 1.50 bits per heavy atom. The Balaban J connectivity index is 2.87. The lowest BCUT2D eigenvalue weighted by Crippen LogP contribution is -2.15. The van der Waals surface area contributed by atoms with Gasteiger partial charge in [-0.15, -0.1) is 0 Å². The van der Waals surface area contributed by atoms with Crippen LogP contribution in [0.25, 0.3) is 5.65 Å². The summed E-state index contributed by atoms with van der Waals surface area (Å²) in [6, 6.07) is 3.23. The summed E-state index contributed by atoms with van der Waals surface area (Å²) in [6.07, 6.45) is 1.45. The summed E-state index contributed by atoms with van der Waals surface area (Å²) >= 11 is 5.72. The van der Waals surface area contributed by atoms with Gasteiger partial charge in [-0.2, -0.15) is 0 Å². The molecule has 8 heteroatoms. The molecule has 2 heterocycles. The van der Waals surface area contributed by atoms with E-state index in [2.05, 4.69) is 4.98 Å². The Labute approximate surface area is 96.7 Å². The van der Waals surface area contributed by atoms with Crippen LogP contribution in [-0.4, -0.2) is 24.9 Å². The van der Waals surface area contributed by atoms with Crippen LogP contribution >= 0.6 is 11.6 Å². The SMILES string of the molecule is COc1ccc2nc(Cl)c(S(N)(=O)=O)n2c1. The zero-order valence-electron chi connectivity index (χ0n) is 8.21. The first-order valence-electron chi connectivity index (χ1n) is 4.18. The average Bonchev–Trinajstić information content (AvgIpc) is 2.51. The molecule has 0 aliphatic heterocycles. The molecule has 6 nitrogen and oxygen atoms in total. The highest BCUT2D eigenvalue weighted by Gasteiger charge is 2.20. The number of hydrogen-bond acceptors (Lipinski definition) is 4. The zero-order chi connectivity index (χ0) is 11.9. The van der Waals surface area contributed by atoms with E-state index in [0.717, 1.165) is 0 Å². The predicted molar refractivity (Wildman–Crippen MR) is 58.1 cm³/mol. The predicted octanol–water partition coefficient (Wildman–Crippen LogP) is 0.644. The molecule has 0 fully saturated rings. The number of methoxy groups -OCH3 is 1. The second-order valence-corrected chi connectivity index (χ2v) is 4.88. The number of fused-ring (bicyclic) bond motifs is 1. The van der Waals surface area contributed by atoms with Crippen molar-refractivity contribution >= 4 is 27.3 Å². The molecule has 0 amide bonds. The van der Waals surface area contributed by atoms with Crippen LogP contribution < -0.4 is 9.88 Å². The van der Waals surface area contributed by atoms with Crippen molar-refractivity contribution in [3.8, 4) is 5.75 Å². The van der Waals surface area contributed by atoms with Crippen molar-refractivity contribution in [3.05, 3.63) is 23.5 Å². The number of halogens is 1. The van der Waals surface area contributed by atoms with Crippen molar-refractivity contribution in [2.24, 2.45) is 5.14 Å². The number of primary sulfonamides is 1. The Morgan fingerprint density at radius 3 is 2.75 bits per heavy atom. The molecule has 0 spiro atoms. The first-order valence-corrected chi connectivity index (χ1v) is 6.10. The van der Waals surface area contributed by atoms with Crippen molar-refractivity contribution in [3.63, 3.8) is 0 Å². The van der Waals surface area contributed by atoms with Gasteiger partial charge in [0.2, 0.25) is 0 Å². The van der Waals surface area contributed by atoms with Gasteiger partial charge in [0.05, 0.1) is 13.3 Å². The van der Waals surface area contributed by atoms with Gasteiger partial charge >= 0.3 is 0 Å². The van der Waals surface area contributed by atoms with Gasteiger partial charge in [-0.1, -0.05) is 11.6 Å². The summed E-state index contributed by atoms with van der Waals surface area (Å²) in [5.41, 5.74) is 0.384. The highest BCUT2D eigenvalue weighted by atomic mass is 35.5. The highest BCUT2D eigenvalue weighted by molar-refractivity contribution is 7.89. The van der Waals surface area contributed by atoms with Crippen LogP contribution in [0.4, 0.5) is 0 Å². The van der Waals surface area contributed by atoms with Crippen LogP contribution in [0, 0.1) is 0 Å². The van der Waals surface area contributed by atoms with Gasteiger partial charge in [-0.05, 0) is 12.1 Å². The quantitative estimate of drug-likeness (QED) is 0.860. The molecule has 0 saturated carbocycles. The fourth-order valence-corrected chi connectivity index (χ4v) is 2.55.